The maximum absolute atomic E-state index is 6.39. The summed E-state index contributed by atoms with van der Waals surface area (Å²) >= 11 is 6.39. The van der Waals surface area contributed by atoms with Gasteiger partial charge in [-0.1, -0.05) is 51.4 Å². The quantitative estimate of drug-likeness (QED) is 0.679. The maximum Gasteiger partial charge on any atom is 0.0446 e. The monoisotopic (exact) mass is 287 g/mol. The van der Waals surface area contributed by atoms with Crippen molar-refractivity contribution in [1.82, 2.24) is 4.98 Å². The Labute approximate surface area is 127 Å². The van der Waals surface area contributed by atoms with E-state index < -0.39 is 0 Å². The van der Waals surface area contributed by atoms with E-state index in [2.05, 4.69) is 63.9 Å². The zero-order valence-corrected chi connectivity index (χ0v) is 13.6. The Morgan fingerprint density at radius 3 is 2.20 bits per heavy atom. The molecule has 1 nitrogen and oxygen atoms in total. The van der Waals surface area contributed by atoms with E-state index >= 15 is 0 Å². The first kappa shape index (κ1) is 15.1. The highest BCUT2D eigenvalue weighted by atomic mass is 35.5. The van der Waals surface area contributed by atoms with Crippen molar-refractivity contribution in [3.8, 4) is 11.1 Å². The number of aryl methyl sites for hydroxylation is 1. The molecule has 0 unspecified atom stereocenters. The second-order valence-corrected chi connectivity index (χ2v) is 6.38. The van der Waals surface area contributed by atoms with Crippen LogP contribution in [0.25, 0.3) is 11.1 Å². The van der Waals surface area contributed by atoms with Gasteiger partial charge in [-0.25, -0.2) is 0 Å². The zero-order valence-electron chi connectivity index (χ0n) is 12.9. The number of hydrogen-bond acceptors (Lipinski definition) is 1. The highest BCUT2D eigenvalue weighted by molar-refractivity contribution is 6.31. The predicted octanol–water partition coefficient (Wildman–Crippen LogP) is 5.96. The minimum absolute atomic E-state index is 0.444. The van der Waals surface area contributed by atoms with E-state index in [0.717, 1.165) is 21.8 Å². The largest absolute Gasteiger partial charge is 0.260 e. The normalized spacial score (nSPS) is 11.4. The highest BCUT2D eigenvalue weighted by Gasteiger charge is 2.10. The van der Waals surface area contributed by atoms with Gasteiger partial charge in [-0.3, -0.25) is 4.98 Å². The van der Waals surface area contributed by atoms with Crippen LogP contribution < -0.4 is 0 Å². The molecule has 2 aromatic rings. The first-order valence-electron chi connectivity index (χ1n) is 7.16. The Morgan fingerprint density at radius 2 is 1.70 bits per heavy atom. The molecular weight excluding hydrogens is 266 g/mol. The molecule has 0 aliphatic rings. The van der Waals surface area contributed by atoms with Crippen molar-refractivity contribution in [2.45, 2.75) is 46.5 Å². The Kier molecular flexibility index (Phi) is 4.49. The summed E-state index contributed by atoms with van der Waals surface area (Å²) in [5, 5.41) is 0.838. The molecular formula is C18H22ClN. The predicted molar refractivity (Wildman–Crippen MR) is 87.6 cm³/mol. The van der Waals surface area contributed by atoms with Crippen LogP contribution in [0.4, 0.5) is 0 Å². The Balaban J connectivity index is 2.44. The fourth-order valence-corrected chi connectivity index (χ4v) is 2.76. The molecule has 20 heavy (non-hydrogen) atoms. The molecule has 0 N–H and O–H groups in total. The van der Waals surface area contributed by atoms with Crippen LogP contribution in [0.15, 0.2) is 30.5 Å². The van der Waals surface area contributed by atoms with Crippen molar-refractivity contribution < 1.29 is 0 Å². The second kappa shape index (κ2) is 5.97. The summed E-state index contributed by atoms with van der Waals surface area (Å²) in [6.07, 6.45) is 1.96. The van der Waals surface area contributed by atoms with E-state index in [1.165, 1.54) is 11.1 Å². The molecule has 2 rings (SSSR count). The molecule has 0 spiro atoms. The number of hydrogen-bond donors (Lipinski definition) is 0. The summed E-state index contributed by atoms with van der Waals surface area (Å²) in [7, 11) is 0. The zero-order chi connectivity index (χ0) is 14.9. The van der Waals surface area contributed by atoms with Crippen molar-refractivity contribution in [2.75, 3.05) is 0 Å². The maximum atomic E-state index is 6.39. The molecule has 0 saturated carbocycles. The Morgan fingerprint density at radius 1 is 1.00 bits per heavy atom. The van der Waals surface area contributed by atoms with Gasteiger partial charge in [0.2, 0.25) is 0 Å². The van der Waals surface area contributed by atoms with Crippen LogP contribution in [0.1, 0.15) is 56.4 Å². The summed E-state index contributed by atoms with van der Waals surface area (Å²) in [6.45, 7) is 10.8. The van der Waals surface area contributed by atoms with E-state index in [4.69, 9.17) is 11.6 Å². The van der Waals surface area contributed by atoms with E-state index in [0.29, 0.717) is 11.8 Å². The fourth-order valence-electron chi connectivity index (χ4n) is 2.36. The van der Waals surface area contributed by atoms with Crippen molar-refractivity contribution >= 4 is 11.6 Å². The molecule has 1 aromatic carbocycles. The molecule has 2 heteroatoms. The summed E-state index contributed by atoms with van der Waals surface area (Å²) in [5.41, 5.74) is 5.87. The molecule has 106 valence electrons. The number of nitrogens with zero attached hydrogens (tertiary/aromatic N) is 1. The molecule has 0 atom stereocenters. The molecule has 0 amide bonds. The van der Waals surface area contributed by atoms with Crippen LogP contribution in [0, 0.1) is 6.92 Å². The third-order valence-electron chi connectivity index (χ3n) is 3.66. The van der Waals surface area contributed by atoms with E-state index in [-0.39, 0.29) is 0 Å². The molecule has 0 saturated heterocycles. The molecule has 0 bridgehead atoms. The number of benzene rings is 1. The minimum Gasteiger partial charge on any atom is -0.260 e. The summed E-state index contributed by atoms with van der Waals surface area (Å²) in [6, 6.07) is 8.48. The van der Waals surface area contributed by atoms with Gasteiger partial charge in [0.1, 0.15) is 0 Å². The second-order valence-electron chi connectivity index (χ2n) is 5.97. The van der Waals surface area contributed by atoms with Crippen LogP contribution in [0.3, 0.4) is 0 Å². The third kappa shape index (κ3) is 3.04. The Bertz CT molecular complexity index is 615. The van der Waals surface area contributed by atoms with Gasteiger partial charge in [-0.05, 0) is 47.6 Å². The van der Waals surface area contributed by atoms with Crippen molar-refractivity contribution in [1.29, 1.82) is 0 Å². The Hall–Kier alpha value is -1.34. The summed E-state index contributed by atoms with van der Waals surface area (Å²) < 4.78 is 0. The number of rotatable bonds is 3. The lowest BCUT2D eigenvalue weighted by atomic mass is 9.96. The minimum atomic E-state index is 0.444. The van der Waals surface area contributed by atoms with E-state index in [9.17, 15) is 0 Å². The van der Waals surface area contributed by atoms with Gasteiger partial charge >= 0.3 is 0 Å². The molecule has 0 aliphatic heterocycles. The SMILES string of the molecule is Cc1cc(C(C)C)ncc1-c1ccc(C(C)C)c(Cl)c1. The molecule has 1 aromatic heterocycles. The van der Waals surface area contributed by atoms with E-state index in [1.54, 1.807) is 0 Å². The average molecular weight is 288 g/mol. The van der Waals surface area contributed by atoms with Crippen molar-refractivity contribution in [3.05, 3.63) is 52.3 Å². The van der Waals surface area contributed by atoms with Crippen LogP contribution in [0.5, 0.6) is 0 Å². The summed E-state index contributed by atoms with van der Waals surface area (Å²) in [5.74, 6) is 0.897. The van der Waals surface area contributed by atoms with Crippen LogP contribution in [0.2, 0.25) is 5.02 Å². The number of halogens is 1. The first-order valence-corrected chi connectivity index (χ1v) is 7.54. The van der Waals surface area contributed by atoms with Gasteiger partial charge in [0.25, 0.3) is 0 Å². The van der Waals surface area contributed by atoms with Gasteiger partial charge in [0, 0.05) is 22.5 Å². The topological polar surface area (TPSA) is 12.9 Å². The lowest BCUT2D eigenvalue weighted by Crippen LogP contribution is -1.96. The van der Waals surface area contributed by atoms with Gasteiger partial charge in [0.05, 0.1) is 0 Å². The lowest BCUT2D eigenvalue weighted by Gasteiger charge is -2.13. The number of pyridine rings is 1. The van der Waals surface area contributed by atoms with Gasteiger partial charge in [-0.15, -0.1) is 0 Å². The van der Waals surface area contributed by atoms with Gasteiger partial charge in [-0.2, -0.15) is 0 Å². The smallest absolute Gasteiger partial charge is 0.0446 e. The van der Waals surface area contributed by atoms with Gasteiger partial charge in [0.15, 0.2) is 0 Å². The van der Waals surface area contributed by atoms with Crippen LogP contribution in [-0.2, 0) is 0 Å². The lowest BCUT2D eigenvalue weighted by molar-refractivity contribution is 0.821. The standard InChI is InChI=1S/C18H22ClN/c1-11(2)15-7-6-14(9-17(15)19)16-10-20-18(12(3)4)8-13(16)5/h6-12H,1-5H3. The van der Waals surface area contributed by atoms with Crippen LogP contribution in [-0.4, -0.2) is 4.98 Å². The highest BCUT2D eigenvalue weighted by Crippen LogP contribution is 2.31. The van der Waals surface area contributed by atoms with Crippen LogP contribution >= 0.6 is 11.6 Å². The van der Waals surface area contributed by atoms with Gasteiger partial charge < -0.3 is 0 Å². The molecule has 0 fully saturated rings. The fraction of sp³-hybridized carbons (Fsp3) is 0.389. The summed E-state index contributed by atoms with van der Waals surface area (Å²) in [4.78, 5) is 4.56. The molecule has 0 aliphatic carbocycles. The molecule has 1 heterocycles. The third-order valence-corrected chi connectivity index (χ3v) is 3.98. The number of aromatic nitrogens is 1. The van der Waals surface area contributed by atoms with E-state index in [1.807, 2.05) is 6.20 Å². The first-order chi connectivity index (χ1) is 9.40. The average Bonchev–Trinajstić information content (AvgIpc) is 2.37. The van der Waals surface area contributed by atoms with Crippen molar-refractivity contribution in [3.63, 3.8) is 0 Å². The van der Waals surface area contributed by atoms with Crippen molar-refractivity contribution in [2.24, 2.45) is 0 Å². The molecule has 0 radical (unpaired) electrons.